The van der Waals surface area contributed by atoms with Crippen LogP contribution < -0.4 is 4.74 Å². The first-order valence-electron chi connectivity index (χ1n) is 5.73. The number of alkyl halides is 3. The highest BCUT2D eigenvalue weighted by Gasteiger charge is 2.39. The summed E-state index contributed by atoms with van der Waals surface area (Å²) >= 11 is 5.92. The first-order chi connectivity index (χ1) is 8.81. The summed E-state index contributed by atoms with van der Waals surface area (Å²) in [6.45, 7) is 1.72. The maximum absolute atomic E-state index is 12.3. The molecule has 0 heterocycles. The Morgan fingerprint density at radius 1 is 1.42 bits per heavy atom. The van der Waals surface area contributed by atoms with Crippen molar-refractivity contribution in [2.45, 2.75) is 31.9 Å². The van der Waals surface area contributed by atoms with Gasteiger partial charge in [-0.2, -0.15) is 13.2 Å². The van der Waals surface area contributed by atoms with Crippen molar-refractivity contribution < 1.29 is 22.7 Å². The van der Waals surface area contributed by atoms with Crippen LogP contribution in [0.3, 0.4) is 0 Å². The fourth-order valence-corrected chi connectivity index (χ4v) is 2.14. The van der Waals surface area contributed by atoms with Crippen molar-refractivity contribution >= 4 is 17.4 Å². The Morgan fingerprint density at radius 3 is 2.53 bits per heavy atom. The minimum Gasteiger partial charge on any atom is -0.495 e. The Hall–Kier alpha value is -1.23. The van der Waals surface area contributed by atoms with E-state index in [1.54, 1.807) is 25.1 Å². The number of ether oxygens (including phenoxy) is 1. The second kappa shape index (κ2) is 6.28. The van der Waals surface area contributed by atoms with Crippen LogP contribution >= 0.6 is 11.6 Å². The predicted octanol–water partition coefficient (Wildman–Crippen LogP) is 4.36. The van der Waals surface area contributed by atoms with Crippen molar-refractivity contribution in [2.24, 2.45) is 0 Å². The lowest BCUT2D eigenvalue weighted by atomic mass is 9.90. The summed E-state index contributed by atoms with van der Waals surface area (Å²) in [7, 11) is 1.39. The van der Waals surface area contributed by atoms with Gasteiger partial charge in [-0.1, -0.05) is 30.7 Å². The zero-order valence-corrected chi connectivity index (χ0v) is 11.3. The van der Waals surface area contributed by atoms with Crippen LogP contribution in [0, 0.1) is 0 Å². The molecule has 0 spiro atoms. The van der Waals surface area contributed by atoms with Crippen molar-refractivity contribution in [3.63, 3.8) is 0 Å². The van der Waals surface area contributed by atoms with E-state index in [0.717, 1.165) is 0 Å². The van der Waals surface area contributed by atoms with Gasteiger partial charge in [-0.3, -0.25) is 4.79 Å². The van der Waals surface area contributed by atoms with E-state index in [-0.39, 0.29) is 0 Å². The van der Waals surface area contributed by atoms with Crippen LogP contribution in [0.25, 0.3) is 0 Å². The zero-order chi connectivity index (χ0) is 14.6. The number of rotatable bonds is 5. The van der Waals surface area contributed by atoms with E-state index >= 15 is 0 Å². The normalized spacial score (nSPS) is 13.2. The van der Waals surface area contributed by atoms with Crippen molar-refractivity contribution in [1.29, 1.82) is 0 Å². The van der Waals surface area contributed by atoms with Gasteiger partial charge in [-0.15, -0.1) is 0 Å². The average Bonchev–Trinajstić information content (AvgIpc) is 2.34. The lowest BCUT2D eigenvalue weighted by Crippen LogP contribution is -2.24. The Balaban J connectivity index is 3.05. The van der Waals surface area contributed by atoms with Crippen LogP contribution in [0.5, 0.6) is 5.75 Å². The van der Waals surface area contributed by atoms with E-state index in [2.05, 4.69) is 0 Å². The van der Waals surface area contributed by atoms with E-state index in [1.807, 2.05) is 0 Å². The van der Waals surface area contributed by atoms with E-state index in [4.69, 9.17) is 16.3 Å². The van der Waals surface area contributed by atoms with Gasteiger partial charge in [0, 0.05) is 6.42 Å². The summed E-state index contributed by atoms with van der Waals surface area (Å²) in [6, 6.07) is 4.84. The van der Waals surface area contributed by atoms with Crippen LogP contribution in [0.4, 0.5) is 13.2 Å². The fourth-order valence-electron chi connectivity index (χ4n) is 1.88. The molecule has 2 nitrogen and oxygen atoms in total. The van der Waals surface area contributed by atoms with Crippen LogP contribution in [0.15, 0.2) is 18.2 Å². The second-order valence-corrected chi connectivity index (χ2v) is 4.50. The molecule has 0 saturated carbocycles. The lowest BCUT2D eigenvalue weighted by Gasteiger charge is -2.19. The molecule has 0 amide bonds. The monoisotopic (exact) mass is 294 g/mol. The molecule has 19 heavy (non-hydrogen) atoms. The number of carbonyl (C=O) groups excluding carboxylic acids is 1. The number of para-hydroxylation sites is 1. The van der Waals surface area contributed by atoms with Crippen LogP contribution in [-0.4, -0.2) is 19.1 Å². The lowest BCUT2D eigenvalue weighted by molar-refractivity contribution is -0.171. The molecular weight excluding hydrogens is 281 g/mol. The van der Waals surface area contributed by atoms with Gasteiger partial charge in [0.25, 0.3) is 0 Å². The third-order valence-electron chi connectivity index (χ3n) is 2.88. The van der Waals surface area contributed by atoms with E-state index in [1.165, 1.54) is 7.11 Å². The molecule has 1 aromatic carbocycles. The Morgan fingerprint density at radius 2 is 2.05 bits per heavy atom. The van der Waals surface area contributed by atoms with Gasteiger partial charge in [0.2, 0.25) is 5.78 Å². The molecule has 1 unspecified atom stereocenters. The molecule has 106 valence electrons. The second-order valence-electron chi connectivity index (χ2n) is 4.09. The van der Waals surface area contributed by atoms with Gasteiger partial charge in [0.15, 0.2) is 0 Å². The maximum atomic E-state index is 12.3. The zero-order valence-electron chi connectivity index (χ0n) is 10.6. The predicted molar refractivity (Wildman–Crippen MR) is 66.7 cm³/mol. The molecule has 0 N–H and O–H groups in total. The number of hydrogen-bond acceptors (Lipinski definition) is 2. The van der Waals surface area contributed by atoms with Crippen molar-refractivity contribution in [1.82, 2.24) is 0 Å². The first-order valence-corrected chi connectivity index (χ1v) is 6.11. The van der Waals surface area contributed by atoms with E-state index in [9.17, 15) is 18.0 Å². The molecule has 1 rings (SSSR count). The molecular formula is C13H14ClF3O2. The minimum absolute atomic E-state index is 0.318. The summed E-state index contributed by atoms with van der Waals surface area (Å²) in [5, 5.41) is 0.318. The number of hydrogen-bond donors (Lipinski definition) is 0. The number of Topliss-reactive ketones (excluding diaryl/α,β-unsaturated/α-hetero) is 1. The van der Waals surface area contributed by atoms with E-state index in [0.29, 0.717) is 22.8 Å². The Kier molecular flexibility index (Phi) is 5.23. The highest BCUT2D eigenvalue weighted by atomic mass is 35.5. The quantitative estimate of drug-likeness (QED) is 0.806. The molecule has 6 heteroatoms. The summed E-state index contributed by atoms with van der Waals surface area (Å²) in [6.07, 6.45) is -5.02. The third-order valence-corrected chi connectivity index (χ3v) is 3.18. The van der Waals surface area contributed by atoms with Crippen LogP contribution in [-0.2, 0) is 4.79 Å². The molecule has 0 aliphatic rings. The van der Waals surface area contributed by atoms with Crippen molar-refractivity contribution in [3.05, 3.63) is 28.8 Å². The highest BCUT2D eigenvalue weighted by Crippen LogP contribution is 2.37. The molecule has 1 atom stereocenters. The van der Waals surface area contributed by atoms with Gasteiger partial charge in [0.1, 0.15) is 5.75 Å². The summed E-state index contributed by atoms with van der Waals surface area (Å²) in [4.78, 5) is 11.1. The summed E-state index contributed by atoms with van der Waals surface area (Å²) in [5.74, 6) is -1.98. The number of ketones is 1. The molecule has 0 saturated heterocycles. The number of benzene rings is 1. The average molecular weight is 295 g/mol. The molecule has 0 aliphatic carbocycles. The molecule has 0 radical (unpaired) electrons. The van der Waals surface area contributed by atoms with Crippen LogP contribution in [0.1, 0.15) is 31.2 Å². The van der Waals surface area contributed by atoms with Crippen molar-refractivity contribution in [3.8, 4) is 5.75 Å². The highest BCUT2D eigenvalue weighted by molar-refractivity contribution is 6.32. The van der Waals surface area contributed by atoms with Gasteiger partial charge < -0.3 is 4.74 Å². The smallest absolute Gasteiger partial charge is 0.449 e. The fraction of sp³-hybridized carbons (Fsp3) is 0.462. The maximum Gasteiger partial charge on any atom is 0.449 e. The van der Waals surface area contributed by atoms with Gasteiger partial charge in [-0.05, 0) is 24.0 Å². The molecule has 0 aliphatic heterocycles. The largest absolute Gasteiger partial charge is 0.495 e. The minimum atomic E-state index is -4.81. The first kappa shape index (κ1) is 15.8. The number of carbonyl (C=O) groups is 1. The molecule has 0 fully saturated rings. The van der Waals surface area contributed by atoms with Gasteiger partial charge in [-0.25, -0.2) is 0 Å². The SMILES string of the molecule is CCC(CC(=O)C(F)(F)F)c1cccc(Cl)c1OC. The molecule has 0 aromatic heterocycles. The molecule has 1 aromatic rings. The number of methoxy groups -OCH3 is 1. The standard InChI is InChI=1S/C13H14ClF3O2/c1-3-8(7-11(18)13(15,16)17)9-5-4-6-10(14)12(9)19-2/h4-6,8H,3,7H2,1-2H3. The topological polar surface area (TPSA) is 26.3 Å². The summed E-state index contributed by atoms with van der Waals surface area (Å²) in [5.41, 5.74) is 0.523. The van der Waals surface area contributed by atoms with Crippen molar-refractivity contribution in [2.75, 3.05) is 7.11 Å². The van der Waals surface area contributed by atoms with E-state index < -0.39 is 24.3 Å². The molecule has 0 bridgehead atoms. The number of halogens is 4. The van der Waals surface area contributed by atoms with Gasteiger partial charge >= 0.3 is 6.18 Å². The summed E-state index contributed by atoms with van der Waals surface area (Å²) < 4.78 is 42.1. The van der Waals surface area contributed by atoms with Crippen LogP contribution in [0.2, 0.25) is 5.02 Å². The Labute approximate surface area is 114 Å². The van der Waals surface area contributed by atoms with Gasteiger partial charge in [0.05, 0.1) is 12.1 Å². The Bertz CT molecular complexity index is 458. The third kappa shape index (κ3) is 3.86.